The first-order valence-corrected chi connectivity index (χ1v) is 7.62. The van der Waals surface area contributed by atoms with Crippen LogP contribution in [0, 0.1) is 3.57 Å². The molecule has 3 nitrogen and oxygen atoms in total. The van der Waals surface area contributed by atoms with Gasteiger partial charge in [0.1, 0.15) is 5.75 Å². The van der Waals surface area contributed by atoms with Gasteiger partial charge in [0.05, 0.1) is 7.11 Å². The summed E-state index contributed by atoms with van der Waals surface area (Å²) in [7, 11) is 1.68. The number of nitrogens with two attached hydrogens (primary N) is 1. The number of halogens is 1. The van der Waals surface area contributed by atoms with Crippen LogP contribution in [0.2, 0.25) is 0 Å². The summed E-state index contributed by atoms with van der Waals surface area (Å²) < 4.78 is 6.50. The van der Waals surface area contributed by atoms with Gasteiger partial charge in [-0.1, -0.05) is 24.3 Å². The third-order valence-electron chi connectivity index (χ3n) is 3.25. The van der Waals surface area contributed by atoms with E-state index in [0.717, 1.165) is 18.6 Å². The van der Waals surface area contributed by atoms with E-state index in [9.17, 15) is 0 Å². The fraction of sp³-hybridized carbons (Fsp3) is 0.250. The smallest absolute Gasteiger partial charge is 0.119 e. The maximum absolute atomic E-state index is 5.69. The lowest BCUT2D eigenvalue weighted by Crippen LogP contribution is -2.38. The van der Waals surface area contributed by atoms with E-state index >= 15 is 0 Å². The number of nitrogens with one attached hydrogen (secondary N) is 1. The molecule has 2 rings (SSSR count). The quantitative estimate of drug-likeness (QED) is 0.459. The molecule has 0 heterocycles. The first-order valence-electron chi connectivity index (χ1n) is 6.55. The first kappa shape index (κ1) is 15.3. The molecule has 0 saturated carbocycles. The summed E-state index contributed by atoms with van der Waals surface area (Å²) in [5, 5.41) is 0. The molecule has 20 heavy (non-hydrogen) atoms. The van der Waals surface area contributed by atoms with Crippen LogP contribution < -0.4 is 16.0 Å². The fourth-order valence-corrected chi connectivity index (χ4v) is 2.54. The highest BCUT2D eigenvalue weighted by Gasteiger charge is 2.09. The minimum absolute atomic E-state index is 0.210. The van der Waals surface area contributed by atoms with Crippen molar-refractivity contribution in [3.8, 4) is 5.75 Å². The Hall–Kier alpha value is -1.11. The molecule has 0 aromatic heterocycles. The largest absolute Gasteiger partial charge is 0.497 e. The van der Waals surface area contributed by atoms with Crippen molar-refractivity contribution in [2.45, 2.75) is 18.9 Å². The van der Waals surface area contributed by atoms with Gasteiger partial charge in [0.25, 0.3) is 0 Å². The highest BCUT2D eigenvalue weighted by atomic mass is 127. The summed E-state index contributed by atoms with van der Waals surface area (Å²) >= 11 is 2.31. The van der Waals surface area contributed by atoms with Crippen molar-refractivity contribution in [2.75, 3.05) is 7.11 Å². The average molecular weight is 382 g/mol. The Balaban J connectivity index is 2.02. The molecule has 1 atom stereocenters. The lowest BCUT2D eigenvalue weighted by Gasteiger charge is -2.16. The summed E-state index contributed by atoms with van der Waals surface area (Å²) in [4.78, 5) is 0. The van der Waals surface area contributed by atoms with Crippen LogP contribution in [0.3, 0.4) is 0 Å². The minimum Gasteiger partial charge on any atom is -0.497 e. The van der Waals surface area contributed by atoms with Gasteiger partial charge in [-0.15, -0.1) is 0 Å². The number of rotatable bonds is 6. The molecule has 1 unspecified atom stereocenters. The molecule has 0 bridgehead atoms. The van der Waals surface area contributed by atoms with E-state index in [-0.39, 0.29) is 6.04 Å². The van der Waals surface area contributed by atoms with Crippen LogP contribution in [0.25, 0.3) is 0 Å². The molecular formula is C16H19IN2O. The second-order valence-corrected chi connectivity index (χ2v) is 6.00. The molecule has 0 aliphatic heterocycles. The zero-order valence-corrected chi connectivity index (χ0v) is 13.6. The Morgan fingerprint density at radius 3 is 2.45 bits per heavy atom. The van der Waals surface area contributed by atoms with Crippen LogP contribution in [0.5, 0.6) is 5.75 Å². The molecule has 2 aromatic rings. The van der Waals surface area contributed by atoms with E-state index in [2.05, 4.69) is 64.4 Å². The van der Waals surface area contributed by atoms with Crippen molar-refractivity contribution in [1.82, 2.24) is 5.43 Å². The van der Waals surface area contributed by atoms with E-state index < -0.39 is 0 Å². The van der Waals surface area contributed by atoms with Crippen LogP contribution in [0.15, 0.2) is 48.5 Å². The Kier molecular flexibility index (Phi) is 5.82. The molecule has 0 saturated heterocycles. The Bertz CT molecular complexity index is 542. The van der Waals surface area contributed by atoms with Crippen molar-refractivity contribution in [3.05, 3.63) is 63.2 Å². The van der Waals surface area contributed by atoms with Gasteiger partial charge in [0, 0.05) is 9.61 Å². The normalized spacial score (nSPS) is 12.2. The number of methoxy groups -OCH3 is 1. The molecule has 3 N–H and O–H groups in total. The molecular weight excluding hydrogens is 363 g/mol. The van der Waals surface area contributed by atoms with Crippen LogP contribution in [0.4, 0.5) is 0 Å². The molecule has 0 aliphatic rings. The zero-order chi connectivity index (χ0) is 14.4. The highest BCUT2D eigenvalue weighted by molar-refractivity contribution is 14.1. The van der Waals surface area contributed by atoms with Gasteiger partial charge in [-0.3, -0.25) is 11.3 Å². The number of benzene rings is 2. The second-order valence-electron chi connectivity index (χ2n) is 4.75. The molecule has 0 amide bonds. The Morgan fingerprint density at radius 2 is 1.80 bits per heavy atom. The molecule has 0 aliphatic carbocycles. The SMILES string of the molecule is COc1cccc(CC(Cc2ccc(I)cc2)NN)c1. The zero-order valence-electron chi connectivity index (χ0n) is 11.5. The molecule has 4 heteroatoms. The van der Waals surface area contributed by atoms with Gasteiger partial charge in [-0.2, -0.15) is 0 Å². The molecule has 0 spiro atoms. The summed E-state index contributed by atoms with van der Waals surface area (Å²) in [5.41, 5.74) is 5.42. The van der Waals surface area contributed by atoms with Gasteiger partial charge in [0.15, 0.2) is 0 Å². The van der Waals surface area contributed by atoms with Crippen molar-refractivity contribution >= 4 is 22.6 Å². The van der Waals surface area contributed by atoms with E-state index in [1.165, 1.54) is 14.7 Å². The van der Waals surface area contributed by atoms with E-state index in [1.807, 2.05) is 12.1 Å². The monoisotopic (exact) mass is 382 g/mol. The highest BCUT2D eigenvalue weighted by Crippen LogP contribution is 2.16. The van der Waals surface area contributed by atoms with Gasteiger partial charge < -0.3 is 4.74 Å². The van der Waals surface area contributed by atoms with E-state index in [4.69, 9.17) is 10.6 Å². The standard InChI is InChI=1S/C16H19IN2O/c1-20-16-4-2-3-13(11-16)10-15(19-18)9-12-5-7-14(17)8-6-12/h2-8,11,15,19H,9-10,18H2,1H3. The molecule has 106 valence electrons. The van der Waals surface area contributed by atoms with Crippen LogP contribution in [-0.4, -0.2) is 13.2 Å². The van der Waals surface area contributed by atoms with Crippen molar-refractivity contribution in [1.29, 1.82) is 0 Å². The Labute approximate surface area is 133 Å². The number of hydrogen-bond acceptors (Lipinski definition) is 3. The summed E-state index contributed by atoms with van der Waals surface area (Å²) in [6, 6.07) is 16.9. The van der Waals surface area contributed by atoms with E-state index in [1.54, 1.807) is 7.11 Å². The van der Waals surface area contributed by atoms with Crippen LogP contribution in [-0.2, 0) is 12.8 Å². The summed E-state index contributed by atoms with van der Waals surface area (Å²) in [5.74, 6) is 6.57. The summed E-state index contributed by atoms with van der Waals surface area (Å²) in [6.07, 6.45) is 1.78. The van der Waals surface area contributed by atoms with Crippen molar-refractivity contribution in [3.63, 3.8) is 0 Å². The number of hydrazine groups is 1. The minimum atomic E-state index is 0.210. The lowest BCUT2D eigenvalue weighted by atomic mass is 9.99. The molecule has 0 fully saturated rings. The first-order chi connectivity index (χ1) is 9.71. The average Bonchev–Trinajstić information content (AvgIpc) is 2.49. The van der Waals surface area contributed by atoms with Crippen molar-refractivity contribution < 1.29 is 4.74 Å². The maximum atomic E-state index is 5.69. The molecule has 2 aromatic carbocycles. The molecule has 0 radical (unpaired) electrons. The van der Waals surface area contributed by atoms with Gasteiger partial charge in [-0.25, -0.2) is 0 Å². The second kappa shape index (κ2) is 7.61. The topological polar surface area (TPSA) is 47.3 Å². The third-order valence-corrected chi connectivity index (χ3v) is 3.97. The number of hydrogen-bond donors (Lipinski definition) is 2. The van der Waals surface area contributed by atoms with Crippen molar-refractivity contribution in [2.24, 2.45) is 5.84 Å². The van der Waals surface area contributed by atoms with Gasteiger partial charge >= 0.3 is 0 Å². The fourth-order valence-electron chi connectivity index (χ4n) is 2.18. The van der Waals surface area contributed by atoms with Gasteiger partial charge in [0.2, 0.25) is 0 Å². The Morgan fingerprint density at radius 1 is 1.10 bits per heavy atom. The lowest BCUT2D eigenvalue weighted by molar-refractivity contribution is 0.413. The predicted molar refractivity (Wildman–Crippen MR) is 90.7 cm³/mol. The predicted octanol–water partition coefficient (Wildman–Crippen LogP) is 2.92. The maximum Gasteiger partial charge on any atom is 0.119 e. The number of ether oxygens (including phenoxy) is 1. The summed E-state index contributed by atoms with van der Waals surface area (Å²) in [6.45, 7) is 0. The van der Waals surface area contributed by atoms with E-state index in [0.29, 0.717) is 0 Å². The van der Waals surface area contributed by atoms with Gasteiger partial charge in [-0.05, 0) is 70.8 Å². The van der Waals surface area contributed by atoms with Crippen LogP contribution in [0.1, 0.15) is 11.1 Å². The third kappa shape index (κ3) is 4.47. The van der Waals surface area contributed by atoms with Crippen LogP contribution >= 0.6 is 22.6 Å².